The molecule has 7 nitrogen and oxygen atoms in total. The molecule has 2 amide bonds. The van der Waals surface area contributed by atoms with Gasteiger partial charge in [-0.15, -0.1) is 0 Å². The van der Waals surface area contributed by atoms with Crippen LogP contribution in [0.25, 0.3) is 0 Å². The second kappa shape index (κ2) is 8.73. The zero-order valence-electron chi connectivity index (χ0n) is 19.0. The van der Waals surface area contributed by atoms with Crippen LogP contribution in [0, 0.1) is 13.8 Å². The lowest BCUT2D eigenvalue weighted by molar-refractivity contribution is -0.119. The second-order valence-electron chi connectivity index (χ2n) is 8.81. The Morgan fingerprint density at radius 2 is 1.88 bits per heavy atom. The van der Waals surface area contributed by atoms with Crippen LogP contribution >= 0.6 is 0 Å². The van der Waals surface area contributed by atoms with Crippen LogP contribution < -0.4 is 4.90 Å². The van der Waals surface area contributed by atoms with Gasteiger partial charge >= 0.3 is 0 Å². The van der Waals surface area contributed by atoms with Crippen LogP contribution in [0.3, 0.4) is 0 Å². The Labute approximate surface area is 193 Å². The summed E-state index contributed by atoms with van der Waals surface area (Å²) in [5, 5.41) is 0. The van der Waals surface area contributed by atoms with E-state index < -0.39 is 0 Å². The molecule has 0 saturated carbocycles. The summed E-state index contributed by atoms with van der Waals surface area (Å²) in [7, 11) is 0. The van der Waals surface area contributed by atoms with E-state index in [9.17, 15) is 9.59 Å². The van der Waals surface area contributed by atoms with Crippen molar-refractivity contribution in [3.8, 4) is 0 Å². The van der Waals surface area contributed by atoms with Gasteiger partial charge in [-0.1, -0.05) is 35.9 Å². The van der Waals surface area contributed by atoms with Crippen LogP contribution in [0.15, 0.2) is 48.7 Å². The van der Waals surface area contributed by atoms with Crippen molar-refractivity contribution in [1.29, 1.82) is 0 Å². The molecule has 1 aromatic carbocycles. The molecule has 5 rings (SSSR count). The van der Waals surface area contributed by atoms with Gasteiger partial charge in [0.05, 0.1) is 12.6 Å². The molecule has 4 heterocycles. The number of likely N-dealkylation sites (tertiary alicyclic amines) is 1. The first kappa shape index (κ1) is 21.2. The predicted octanol–water partition coefficient (Wildman–Crippen LogP) is 3.95. The molecule has 0 aliphatic carbocycles. The van der Waals surface area contributed by atoms with Gasteiger partial charge in [0.2, 0.25) is 5.91 Å². The number of aryl methyl sites for hydroxylation is 2. The lowest BCUT2D eigenvalue weighted by Crippen LogP contribution is -2.37. The van der Waals surface area contributed by atoms with Crippen molar-refractivity contribution in [3.63, 3.8) is 0 Å². The third-order valence-corrected chi connectivity index (χ3v) is 6.51. The lowest BCUT2D eigenvalue weighted by atomic mass is 10.0. The largest absolute Gasteiger partial charge is 0.327 e. The highest BCUT2D eigenvalue weighted by molar-refractivity contribution is 5.95. The maximum absolute atomic E-state index is 13.1. The van der Waals surface area contributed by atoms with Gasteiger partial charge in [-0.25, -0.2) is 9.97 Å². The van der Waals surface area contributed by atoms with Gasteiger partial charge in [0.25, 0.3) is 5.91 Å². The van der Waals surface area contributed by atoms with E-state index in [2.05, 4.69) is 29.2 Å². The normalized spacial score (nSPS) is 17.9. The van der Waals surface area contributed by atoms with Crippen LogP contribution in [-0.4, -0.2) is 38.2 Å². The first-order valence-electron chi connectivity index (χ1n) is 11.5. The molecule has 0 radical (unpaired) electrons. The quantitative estimate of drug-likeness (QED) is 0.613. The molecule has 1 saturated heterocycles. The molecular formula is C26H27N5O2. The summed E-state index contributed by atoms with van der Waals surface area (Å²) in [6.45, 7) is 5.15. The van der Waals surface area contributed by atoms with E-state index in [1.807, 2.05) is 24.8 Å². The van der Waals surface area contributed by atoms with Gasteiger partial charge in [0.1, 0.15) is 11.5 Å². The summed E-state index contributed by atoms with van der Waals surface area (Å²) in [6, 6.07) is 13.3. The van der Waals surface area contributed by atoms with Gasteiger partial charge in [0, 0.05) is 30.4 Å². The number of aromatic nitrogens is 3. The summed E-state index contributed by atoms with van der Waals surface area (Å²) >= 11 is 0. The number of anilines is 1. The highest BCUT2D eigenvalue weighted by Crippen LogP contribution is 2.35. The van der Waals surface area contributed by atoms with E-state index in [1.165, 1.54) is 5.56 Å². The molecule has 168 valence electrons. The van der Waals surface area contributed by atoms with Gasteiger partial charge in [0.15, 0.2) is 5.82 Å². The number of carbonyl (C=O) groups is 2. The molecule has 2 aliphatic rings. The summed E-state index contributed by atoms with van der Waals surface area (Å²) in [4.78, 5) is 43.6. The average Bonchev–Trinajstić information content (AvgIpc) is 3.32. The molecule has 1 fully saturated rings. The number of amides is 2. The third-order valence-electron chi connectivity index (χ3n) is 6.51. The maximum atomic E-state index is 13.1. The number of carbonyl (C=O) groups excluding carboxylic acids is 2. The monoisotopic (exact) mass is 441 g/mol. The van der Waals surface area contributed by atoms with Crippen LogP contribution in [0.5, 0.6) is 0 Å². The van der Waals surface area contributed by atoms with E-state index in [0.717, 1.165) is 29.7 Å². The molecule has 0 bridgehead atoms. The van der Waals surface area contributed by atoms with Gasteiger partial charge < -0.3 is 4.90 Å². The van der Waals surface area contributed by atoms with Crippen molar-refractivity contribution in [2.24, 2.45) is 0 Å². The van der Waals surface area contributed by atoms with E-state index in [4.69, 9.17) is 9.97 Å². The molecule has 2 aromatic heterocycles. The van der Waals surface area contributed by atoms with Gasteiger partial charge in [-0.3, -0.25) is 19.5 Å². The molecule has 2 aliphatic heterocycles. The van der Waals surface area contributed by atoms with E-state index in [-0.39, 0.29) is 17.9 Å². The Morgan fingerprint density at radius 1 is 1.06 bits per heavy atom. The van der Waals surface area contributed by atoms with Crippen molar-refractivity contribution in [3.05, 3.63) is 82.6 Å². The van der Waals surface area contributed by atoms with E-state index >= 15 is 0 Å². The molecule has 0 spiro atoms. The average molecular weight is 442 g/mol. The Hall–Kier alpha value is -3.61. The molecule has 1 atom stereocenters. The number of hydrogen-bond acceptors (Lipinski definition) is 5. The van der Waals surface area contributed by atoms with Crippen molar-refractivity contribution in [2.45, 2.75) is 52.1 Å². The molecule has 33 heavy (non-hydrogen) atoms. The molecule has 0 N–H and O–H groups in total. The van der Waals surface area contributed by atoms with Crippen molar-refractivity contribution < 1.29 is 9.59 Å². The zero-order chi connectivity index (χ0) is 22.9. The van der Waals surface area contributed by atoms with Crippen molar-refractivity contribution in [1.82, 2.24) is 19.9 Å². The fourth-order valence-electron chi connectivity index (χ4n) is 4.71. The lowest BCUT2D eigenvalue weighted by Gasteiger charge is -2.31. The van der Waals surface area contributed by atoms with Crippen LogP contribution in [0.4, 0.5) is 5.82 Å². The number of nitrogens with zero attached hydrogens (tertiary/aromatic N) is 5. The number of fused-ring (bicyclic) bond motifs is 1. The Bertz CT molecular complexity index is 1190. The summed E-state index contributed by atoms with van der Waals surface area (Å²) in [5.74, 6) is 1.26. The Balaban J connectivity index is 1.49. The molecule has 0 unspecified atom stereocenters. The number of hydrogen-bond donors (Lipinski definition) is 0. The minimum Gasteiger partial charge on any atom is -0.327 e. The van der Waals surface area contributed by atoms with Crippen LogP contribution in [0.1, 0.15) is 64.0 Å². The minimum absolute atomic E-state index is 0.0694. The smallest absolute Gasteiger partial charge is 0.273 e. The summed E-state index contributed by atoms with van der Waals surface area (Å²) in [6.07, 6.45) is 4.41. The van der Waals surface area contributed by atoms with Crippen molar-refractivity contribution >= 4 is 17.6 Å². The molecular weight excluding hydrogens is 414 g/mol. The highest BCUT2D eigenvalue weighted by atomic mass is 16.2. The molecule has 7 heteroatoms. The standard InChI is InChI=1S/C26H27N5O2/c1-17-8-10-19(11-9-17)16-31-23(32)13-12-20-18(2)28-24(29-25(20)31)22-7-5-15-30(22)26(33)21-6-3-4-14-27-21/h3-4,6,8-11,14,22H,5,7,12-13,15-16H2,1-2H3/t22-/m1/s1. The number of benzene rings is 1. The minimum atomic E-state index is -0.221. The van der Waals surface area contributed by atoms with E-state index in [0.29, 0.717) is 43.3 Å². The highest BCUT2D eigenvalue weighted by Gasteiger charge is 2.35. The number of pyridine rings is 1. The van der Waals surface area contributed by atoms with Crippen LogP contribution in [-0.2, 0) is 17.8 Å². The SMILES string of the molecule is Cc1ccc(CN2C(=O)CCc3c(C)nc([C@H]4CCCN4C(=O)c4ccccn4)nc32)cc1. The zero-order valence-corrected chi connectivity index (χ0v) is 19.0. The summed E-state index contributed by atoms with van der Waals surface area (Å²) < 4.78 is 0. The number of rotatable bonds is 4. The van der Waals surface area contributed by atoms with Crippen molar-refractivity contribution in [2.75, 3.05) is 11.4 Å². The van der Waals surface area contributed by atoms with E-state index in [1.54, 1.807) is 23.2 Å². The maximum Gasteiger partial charge on any atom is 0.273 e. The fourth-order valence-corrected chi connectivity index (χ4v) is 4.71. The fraction of sp³-hybridized carbons (Fsp3) is 0.346. The first-order valence-corrected chi connectivity index (χ1v) is 11.5. The predicted molar refractivity (Wildman–Crippen MR) is 125 cm³/mol. The Morgan fingerprint density at radius 3 is 2.64 bits per heavy atom. The second-order valence-corrected chi connectivity index (χ2v) is 8.81. The molecule has 3 aromatic rings. The summed E-state index contributed by atoms with van der Waals surface area (Å²) in [5.41, 5.74) is 4.57. The van der Waals surface area contributed by atoms with Gasteiger partial charge in [-0.2, -0.15) is 0 Å². The Kier molecular flexibility index (Phi) is 5.62. The first-order chi connectivity index (χ1) is 16.0. The topological polar surface area (TPSA) is 79.3 Å². The van der Waals surface area contributed by atoms with Gasteiger partial charge in [-0.05, 0) is 50.8 Å². The van der Waals surface area contributed by atoms with Crippen LogP contribution in [0.2, 0.25) is 0 Å². The third kappa shape index (κ3) is 4.11.